The molecule has 0 aliphatic carbocycles. The third-order valence-electron chi connectivity index (χ3n) is 9.14. The van der Waals surface area contributed by atoms with Crippen LogP contribution in [0.25, 0.3) is 11.3 Å². The fourth-order valence-corrected chi connectivity index (χ4v) is 6.83. The number of likely N-dealkylation sites (tertiary alicyclic amines) is 1. The number of halogens is 1. The first-order chi connectivity index (χ1) is 18.1. The smallest absolute Gasteiger partial charge is 0.331 e. The quantitative estimate of drug-likeness (QED) is 0.343. The number of hydrogen-bond donors (Lipinski definition) is 0. The molecule has 3 aromatic rings. The topological polar surface area (TPSA) is 55.6 Å². The molecule has 2 atom stereocenters. The van der Waals surface area contributed by atoms with Crippen molar-refractivity contribution in [2.75, 3.05) is 32.7 Å². The first kappa shape index (κ1) is 26.9. The van der Waals surface area contributed by atoms with Gasteiger partial charge in [-0.25, -0.2) is 4.79 Å². The van der Waals surface area contributed by atoms with Crippen molar-refractivity contribution in [2.24, 2.45) is 5.92 Å². The Morgan fingerprint density at radius 1 is 1.03 bits per heavy atom. The van der Waals surface area contributed by atoms with Crippen LogP contribution in [0.5, 0.6) is 0 Å². The SMILES string of the molecule is C[C@](C(=O)O[C@H]1C[N+]2(Cc3cc(-c4ccccc4)no3)CCC1CC2)(c1ccccc1)N1CCCCC1.[Cl-]. The molecule has 0 N–H and O–H groups in total. The molecular formula is C31H38ClN3O3. The van der Waals surface area contributed by atoms with Crippen molar-refractivity contribution in [1.29, 1.82) is 0 Å². The van der Waals surface area contributed by atoms with Gasteiger partial charge in [-0.3, -0.25) is 4.90 Å². The summed E-state index contributed by atoms with van der Waals surface area (Å²) in [6.07, 6.45) is 5.61. The summed E-state index contributed by atoms with van der Waals surface area (Å²) < 4.78 is 13.2. The number of nitrogens with zero attached hydrogens (tertiary/aromatic N) is 3. The van der Waals surface area contributed by atoms with E-state index in [1.54, 1.807) is 0 Å². The van der Waals surface area contributed by atoms with Gasteiger partial charge in [0.25, 0.3) is 0 Å². The molecule has 202 valence electrons. The molecule has 4 saturated heterocycles. The van der Waals surface area contributed by atoms with E-state index in [9.17, 15) is 4.79 Å². The van der Waals surface area contributed by atoms with Gasteiger partial charge in [-0.15, -0.1) is 0 Å². The zero-order valence-corrected chi connectivity index (χ0v) is 23.0. The zero-order valence-electron chi connectivity index (χ0n) is 22.2. The number of rotatable bonds is 7. The Morgan fingerprint density at radius 2 is 1.68 bits per heavy atom. The molecular weight excluding hydrogens is 498 g/mol. The summed E-state index contributed by atoms with van der Waals surface area (Å²) in [5.41, 5.74) is 2.22. The van der Waals surface area contributed by atoms with Crippen molar-refractivity contribution in [2.45, 2.75) is 57.2 Å². The van der Waals surface area contributed by atoms with Gasteiger partial charge >= 0.3 is 5.97 Å². The van der Waals surface area contributed by atoms with Crippen molar-refractivity contribution < 1.29 is 30.9 Å². The van der Waals surface area contributed by atoms with E-state index >= 15 is 0 Å². The van der Waals surface area contributed by atoms with Crippen LogP contribution in [0.1, 0.15) is 50.4 Å². The average Bonchev–Trinajstić information content (AvgIpc) is 3.42. The van der Waals surface area contributed by atoms with Crippen LogP contribution >= 0.6 is 0 Å². The van der Waals surface area contributed by atoms with Gasteiger partial charge in [-0.1, -0.05) is 72.2 Å². The van der Waals surface area contributed by atoms with Crippen molar-refractivity contribution in [3.05, 3.63) is 78.1 Å². The first-order valence-electron chi connectivity index (χ1n) is 13.9. The fourth-order valence-electron chi connectivity index (χ4n) is 6.83. The normalized spacial score (nSPS) is 26.8. The lowest BCUT2D eigenvalue weighted by atomic mass is 9.82. The minimum atomic E-state index is -0.756. The molecule has 0 spiro atoms. The molecule has 38 heavy (non-hydrogen) atoms. The van der Waals surface area contributed by atoms with Crippen molar-refractivity contribution >= 4 is 5.97 Å². The lowest BCUT2D eigenvalue weighted by Crippen LogP contribution is -3.00. The van der Waals surface area contributed by atoms with E-state index < -0.39 is 5.54 Å². The van der Waals surface area contributed by atoms with Gasteiger partial charge in [0, 0.05) is 30.4 Å². The number of hydrogen-bond acceptors (Lipinski definition) is 5. The molecule has 4 aliphatic rings. The molecule has 0 radical (unpaired) electrons. The van der Waals surface area contributed by atoms with Crippen molar-refractivity contribution in [3.8, 4) is 11.3 Å². The zero-order chi connectivity index (χ0) is 25.3. The van der Waals surface area contributed by atoms with E-state index in [1.165, 1.54) is 6.42 Å². The van der Waals surface area contributed by atoms with Gasteiger partial charge in [0.2, 0.25) is 0 Å². The number of fused-ring (bicyclic) bond motifs is 3. The summed E-state index contributed by atoms with van der Waals surface area (Å²) in [6, 6.07) is 22.5. The molecule has 2 aromatic carbocycles. The number of benzene rings is 2. The molecule has 4 fully saturated rings. The molecule has 0 unspecified atom stereocenters. The van der Waals surface area contributed by atoms with E-state index in [1.807, 2.05) is 36.4 Å². The van der Waals surface area contributed by atoms with Crippen LogP contribution in [-0.4, -0.2) is 59.3 Å². The Morgan fingerprint density at radius 3 is 2.37 bits per heavy atom. The lowest BCUT2D eigenvalue weighted by Gasteiger charge is -2.52. The molecule has 7 rings (SSSR count). The van der Waals surface area contributed by atoms with Gasteiger partial charge < -0.3 is 26.2 Å². The monoisotopic (exact) mass is 535 g/mol. The maximum atomic E-state index is 14.0. The second-order valence-electron chi connectivity index (χ2n) is 11.4. The van der Waals surface area contributed by atoms with Crippen LogP contribution in [0.3, 0.4) is 0 Å². The second-order valence-corrected chi connectivity index (χ2v) is 11.4. The molecule has 0 saturated carbocycles. The van der Waals surface area contributed by atoms with E-state index in [2.05, 4.69) is 47.3 Å². The molecule has 7 heteroatoms. The third kappa shape index (κ3) is 5.14. The summed E-state index contributed by atoms with van der Waals surface area (Å²) >= 11 is 0. The standard InChI is InChI=1S/C31H38N3O3.ClH/c1-31(26-13-7-3-8-14-26,33-17-9-4-10-18-33)30(35)36-29-23-34(19-15-25(29)16-20-34)22-27-21-28(32-37-27)24-11-5-2-6-12-24;/h2-3,5-8,11-14,21,25,29H,4,9-10,15-20,22-23H2,1H3;1H/q+1;/p-1/t25?,29-,31+,34?;/m0./s1. The molecule has 0 amide bonds. The van der Waals surface area contributed by atoms with Gasteiger partial charge in [-0.05, 0) is 38.4 Å². The number of carbonyl (C=O) groups is 1. The first-order valence-corrected chi connectivity index (χ1v) is 13.9. The van der Waals surface area contributed by atoms with Crippen LogP contribution in [0.2, 0.25) is 0 Å². The highest BCUT2D eigenvalue weighted by atomic mass is 35.5. The van der Waals surface area contributed by atoms with E-state index in [0.717, 1.165) is 92.0 Å². The maximum Gasteiger partial charge on any atom is 0.331 e. The van der Waals surface area contributed by atoms with Crippen molar-refractivity contribution in [1.82, 2.24) is 10.1 Å². The Balaban J connectivity index is 0.00000294. The highest BCUT2D eigenvalue weighted by Crippen LogP contribution is 2.40. The molecule has 2 bridgehead atoms. The van der Waals surface area contributed by atoms with Crippen LogP contribution in [0.4, 0.5) is 0 Å². The van der Waals surface area contributed by atoms with Crippen LogP contribution in [0.15, 0.2) is 71.3 Å². The summed E-state index contributed by atoms with van der Waals surface area (Å²) in [5, 5.41) is 4.34. The van der Waals surface area contributed by atoms with Crippen LogP contribution < -0.4 is 12.4 Å². The number of esters is 1. The van der Waals surface area contributed by atoms with Gasteiger partial charge in [-0.2, -0.15) is 0 Å². The number of quaternary nitrogens is 1. The Kier molecular flexibility index (Phi) is 7.94. The van der Waals surface area contributed by atoms with E-state index in [0.29, 0.717) is 5.92 Å². The fraction of sp³-hybridized carbons (Fsp3) is 0.484. The predicted octanol–water partition coefficient (Wildman–Crippen LogP) is 2.40. The second kappa shape index (κ2) is 11.2. The average molecular weight is 536 g/mol. The highest BCUT2D eigenvalue weighted by Gasteiger charge is 2.51. The third-order valence-corrected chi connectivity index (χ3v) is 9.14. The molecule has 5 heterocycles. The minimum Gasteiger partial charge on any atom is -1.00 e. The molecule has 1 aromatic heterocycles. The van der Waals surface area contributed by atoms with E-state index in [-0.39, 0.29) is 24.5 Å². The summed E-state index contributed by atoms with van der Waals surface area (Å²) in [6.45, 7) is 7.78. The summed E-state index contributed by atoms with van der Waals surface area (Å²) in [4.78, 5) is 16.4. The Bertz CT molecular complexity index is 1200. The maximum absolute atomic E-state index is 14.0. The molecule has 4 aliphatic heterocycles. The lowest BCUT2D eigenvalue weighted by molar-refractivity contribution is -0.959. The Hall–Kier alpha value is -2.67. The summed E-state index contributed by atoms with van der Waals surface area (Å²) in [5.74, 6) is 1.26. The molecule has 6 nitrogen and oxygen atoms in total. The van der Waals surface area contributed by atoms with E-state index in [4.69, 9.17) is 9.26 Å². The number of piperidine rings is 4. The number of carbonyl (C=O) groups excluding carboxylic acids is 1. The van der Waals surface area contributed by atoms with Crippen molar-refractivity contribution in [3.63, 3.8) is 0 Å². The minimum absolute atomic E-state index is 0. The Labute approximate surface area is 231 Å². The highest BCUT2D eigenvalue weighted by molar-refractivity contribution is 5.82. The van der Waals surface area contributed by atoms with Gasteiger partial charge in [0.05, 0.1) is 13.1 Å². The number of ether oxygens (including phenoxy) is 1. The van der Waals surface area contributed by atoms with Gasteiger partial charge in [0.15, 0.2) is 11.9 Å². The van der Waals surface area contributed by atoms with Gasteiger partial charge in [0.1, 0.15) is 24.3 Å². The van der Waals surface area contributed by atoms with Crippen LogP contribution in [0, 0.1) is 5.92 Å². The summed E-state index contributed by atoms with van der Waals surface area (Å²) in [7, 11) is 0. The van der Waals surface area contributed by atoms with Crippen LogP contribution in [-0.2, 0) is 21.6 Å². The predicted molar refractivity (Wildman–Crippen MR) is 142 cm³/mol. The number of aromatic nitrogens is 1. The largest absolute Gasteiger partial charge is 1.00 e.